The van der Waals surface area contributed by atoms with Crippen molar-refractivity contribution in [1.82, 2.24) is 9.97 Å². The van der Waals surface area contributed by atoms with E-state index in [0.717, 1.165) is 36.7 Å². The lowest BCUT2D eigenvalue weighted by Crippen LogP contribution is -2.22. The van der Waals surface area contributed by atoms with Crippen molar-refractivity contribution in [2.45, 2.75) is 33.1 Å². The lowest BCUT2D eigenvalue weighted by molar-refractivity contribution is 0.878. The number of nitrogen functional groups attached to an aromatic ring is 1. The summed E-state index contributed by atoms with van der Waals surface area (Å²) < 4.78 is 0. The highest BCUT2D eigenvalue weighted by Gasteiger charge is 2.17. The van der Waals surface area contributed by atoms with Crippen molar-refractivity contribution < 1.29 is 0 Å². The zero-order valence-electron chi connectivity index (χ0n) is 9.45. The Morgan fingerprint density at radius 2 is 1.93 bits per heavy atom. The van der Waals surface area contributed by atoms with Gasteiger partial charge in [-0.2, -0.15) is 4.98 Å². The molecule has 1 aromatic rings. The molecular weight excluding hydrogens is 188 g/mol. The predicted octanol–water partition coefficient (Wildman–Crippen LogP) is 1.53. The van der Waals surface area contributed by atoms with Gasteiger partial charge >= 0.3 is 0 Å². The summed E-state index contributed by atoms with van der Waals surface area (Å²) in [4.78, 5) is 11.1. The Labute approximate surface area is 90.5 Å². The molecule has 1 saturated heterocycles. The highest BCUT2D eigenvalue weighted by molar-refractivity contribution is 5.48. The van der Waals surface area contributed by atoms with Gasteiger partial charge in [-0.05, 0) is 26.2 Å². The fourth-order valence-corrected chi connectivity index (χ4v) is 2.10. The van der Waals surface area contributed by atoms with Gasteiger partial charge < -0.3 is 10.6 Å². The molecule has 1 aromatic heterocycles. The Kier molecular flexibility index (Phi) is 2.75. The van der Waals surface area contributed by atoms with Crippen molar-refractivity contribution >= 4 is 11.8 Å². The summed E-state index contributed by atoms with van der Waals surface area (Å²) in [7, 11) is 0. The van der Waals surface area contributed by atoms with Gasteiger partial charge in [-0.1, -0.05) is 6.92 Å². The second-order valence-electron chi connectivity index (χ2n) is 4.02. The molecule has 0 bridgehead atoms. The average Bonchev–Trinajstić information content (AvgIpc) is 2.69. The maximum Gasteiger partial charge on any atom is 0.227 e. The largest absolute Gasteiger partial charge is 0.383 e. The van der Waals surface area contributed by atoms with Crippen molar-refractivity contribution in [2.24, 2.45) is 0 Å². The quantitative estimate of drug-likeness (QED) is 0.797. The third kappa shape index (κ3) is 1.89. The third-order valence-corrected chi connectivity index (χ3v) is 2.98. The lowest BCUT2D eigenvalue weighted by atomic mass is 10.2. The number of hydrogen-bond acceptors (Lipinski definition) is 4. The summed E-state index contributed by atoms with van der Waals surface area (Å²) in [5.41, 5.74) is 8.02. The number of anilines is 2. The van der Waals surface area contributed by atoms with Crippen LogP contribution in [0.15, 0.2) is 0 Å². The van der Waals surface area contributed by atoms with Gasteiger partial charge in [0.25, 0.3) is 0 Å². The summed E-state index contributed by atoms with van der Waals surface area (Å²) in [5, 5.41) is 0. The summed E-state index contributed by atoms with van der Waals surface area (Å²) in [6.07, 6.45) is 3.37. The molecule has 15 heavy (non-hydrogen) atoms. The minimum atomic E-state index is 0.645. The first-order valence-corrected chi connectivity index (χ1v) is 5.60. The van der Waals surface area contributed by atoms with Gasteiger partial charge in [0.2, 0.25) is 5.95 Å². The molecular formula is C11H18N4. The molecule has 4 heteroatoms. The van der Waals surface area contributed by atoms with Gasteiger partial charge in [0, 0.05) is 24.3 Å². The number of aromatic nitrogens is 2. The minimum absolute atomic E-state index is 0.645. The normalized spacial score (nSPS) is 16.0. The topological polar surface area (TPSA) is 55.0 Å². The van der Waals surface area contributed by atoms with Gasteiger partial charge in [0.05, 0.1) is 0 Å². The van der Waals surface area contributed by atoms with E-state index in [1.165, 1.54) is 12.8 Å². The molecule has 1 aliphatic heterocycles. The van der Waals surface area contributed by atoms with Crippen molar-refractivity contribution in [3.05, 3.63) is 11.3 Å². The third-order valence-electron chi connectivity index (χ3n) is 2.98. The molecule has 2 N–H and O–H groups in total. The Morgan fingerprint density at radius 1 is 1.27 bits per heavy atom. The van der Waals surface area contributed by atoms with Crippen molar-refractivity contribution in [3.8, 4) is 0 Å². The molecule has 1 aliphatic rings. The average molecular weight is 206 g/mol. The van der Waals surface area contributed by atoms with Crippen LogP contribution in [0.2, 0.25) is 0 Å². The molecule has 0 radical (unpaired) electrons. The van der Waals surface area contributed by atoms with Gasteiger partial charge in [0.15, 0.2) is 0 Å². The van der Waals surface area contributed by atoms with Crippen LogP contribution in [0.25, 0.3) is 0 Å². The van der Waals surface area contributed by atoms with E-state index in [9.17, 15) is 0 Å². The molecule has 0 amide bonds. The zero-order valence-corrected chi connectivity index (χ0v) is 9.45. The first-order chi connectivity index (χ1) is 7.22. The Hall–Kier alpha value is -1.32. The number of nitrogens with zero attached hydrogens (tertiary/aromatic N) is 3. The van der Waals surface area contributed by atoms with Crippen molar-refractivity contribution in [2.75, 3.05) is 23.7 Å². The van der Waals surface area contributed by atoms with Crippen molar-refractivity contribution in [3.63, 3.8) is 0 Å². The Morgan fingerprint density at radius 3 is 2.47 bits per heavy atom. The number of rotatable bonds is 2. The molecule has 2 rings (SSSR count). The van der Waals surface area contributed by atoms with Crippen LogP contribution in [0.1, 0.15) is 31.0 Å². The van der Waals surface area contributed by atoms with Crippen LogP contribution in [0.3, 0.4) is 0 Å². The molecule has 4 nitrogen and oxygen atoms in total. The fraction of sp³-hybridized carbons (Fsp3) is 0.636. The van der Waals surface area contributed by atoms with E-state index in [1.54, 1.807) is 0 Å². The van der Waals surface area contributed by atoms with Crippen LogP contribution in [-0.2, 0) is 6.42 Å². The minimum Gasteiger partial charge on any atom is -0.383 e. The Bertz CT molecular complexity index is 333. The monoisotopic (exact) mass is 206 g/mol. The summed E-state index contributed by atoms with van der Waals surface area (Å²) >= 11 is 0. The molecule has 0 aromatic carbocycles. The van der Waals surface area contributed by atoms with E-state index in [-0.39, 0.29) is 0 Å². The van der Waals surface area contributed by atoms with E-state index in [1.807, 2.05) is 6.92 Å². The van der Waals surface area contributed by atoms with Gasteiger partial charge in [-0.15, -0.1) is 0 Å². The predicted molar refractivity (Wildman–Crippen MR) is 62.0 cm³/mol. The molecule has 82 valence electrons. The highest BCUT2D eigenvalue weighted by atomic mass is 15.3. The van der Waals surface area contributed by atoms with Gasteiger partial charge in [-0.3, -0.25) is 0 Å². The van der Waals surface area contributed by atoms with Gasteiger partial charge in [-0.25, -0.2) is 4.98 Å². The van der Waals surface area contributed by atoms with E-state index >= 15 is 0 Å². The van der Waals surface area contributed by atoms with Crippen LogP contribution in [0.5, 0.6) is 0 Å². The molecule has 0 saturated carbocycles. The highest BCUT2D eigenvalue weighted by Crippen LogP contribution is 2.21. The standard InChI is InChI=1S/C11H18N4/c1-3-9-8(2)13-11(14-10(9)12)15-6-4-5-7-15/h3-7H2,1-2H3,(H2,12,13,14). The van der Waals surface area contributed by atoms with E-state index < -0.39 is 0 Å². The van der Waals surface area contributed by atoms with Crippen LogP contribution in [-0.4, -0.2) is 23.1 Å². The van der Waals surface area contributed by atoms with Gasteiger partial charge in [0.1, 0.15) is 5.82 Å². The molecule has 0 aliphatic carbocycles. The van der Waals surface area contributed by atoms with E-state index in [2.05, 4.69) is 21.8 Å². The first kappa shape index (κ1) is 10.2. The Balaban J connectivity index is 2.33. The fourth-order valence-electron chi connectivity index (χ4n) is 2.10. The SMILES string of the molecule is CCc1c(C)nc(N2CCCC2)nc1N. The second kappa shape index (κ2) is 4.04. The molecule has 0 spiro atoms. The second-order valence-corrected chi connectivity index (χ2v) is 4.02. The van der Waals surface area contributed by atoms with Crippen LogP contribution in [0.4, 0.5) is 11.8 Å². The number of aryl methyl sites for hydroxylation is 1. The van der Waals surface area contributed by atoms with E-state index in [4.69, 9.17) is 5.73 Å². The maximum atomic E-state index is 5.92. The first-order valence-electron chi connectivity index (χ1n) is 5.60. The summed E-state index contributed by atoms with van der Waals surface area (Å²) in [5.74, 6) is 1.45. The van der Waals surface area contributed by atoms with Crippen LogP contribution >= 0.6 is 0 Å². The van der Waals surface area contributed by atoms with Crippen LogP contribution in [0, 0.1) is 6.92 Å². The maximum absolute atomic E-state index is 5.92. The molecule has 0 atom stereocenters. The summed E-state index contributed by atoms with van der Waals surface area (Å²) in [6, 6.07) is 0. The molecule has 2 heterocycles. The number of hydrogen-bond donors (Lipinski definition) is 1. The smallest absolute Gasteiger partial charge is 0.227 e. The molecule has 0 unspecified atom stereocenters. The number of nitrogens with two attached hydrogens (primary N) is 1. The van der Waals surface area contributed by atoms with E-state index in [0.29, 0.717) is 5.82 Å². The van der Waals surface area contributed by atoms with Crippen molar-refractivity contribution in [1.29, 1.82) is 0 Å². The lowest BCUT2D eigenvalue weighted by Gasteiger charge is -2.17. The van der Waals surface area contributed by atoms with Crippen LogP contribution < -0.4 is 10.6 Å². The zero-order chi connectivity index (χ0) is 10.8. The summed E-state index contributed by atoms with van der Waals surface area (Å²) in [6.45, 7) is 6.21. The molecule has 1 fully saturated rings.